The van der Waals surface area contributed by atoms with Crippen molar-refractivity contribution in [3.8, 4) is 17.2 Å². The first-order chi connectivity index (χ1) is 16.7. The number of ether oxygens (including phenoxy) is 2. The van der Waals surface area contributed by atoms with E-state index in [9.17, 15) is 0 Å². The van der Waals surface area contributed by atoms with Gasteiger partial charge in [-0.2, -0.15) is 0 Å². The summed E-state index contributed by atoms with van der Waals surface area (Å²) in [6.07, 6.45) is 9.64. The van der Waals surface area contributed by atoms with Crippen LogP contribution in [0.5, 0.6) is 11.5 Å². The Balaban J connectivity index is 1.19. The van der Waals surface area contributed by atoms with E-state index in [1.165, 1.54) is 60.3 Å². The van der Waals surface area contributed by atoms with Gasteiger partial charge < -0.3 is 14.0 Å². The second kappa shape index (κ2) is 9.06. The topological polar surface area (TPSA) is 52.4 Å². The maximum atomic E-state index is 5.82. The molecule has 3 aromatic rings. The highest BCUT2D eigenvalue weighted by atomic mass is 16.6. The van der Waals surface area contributed by atoms with Crippen molar-refractivity contribution >= 4 is 0 Å². The van der Waals surface area contributed by atoms with Crippen LogP contribution >= 0.6 is 0 Å². The lowest BCUT2D eigenvalue weighted by atomic mass is 9.88. The molecule has 34 heavy (non-hydrogen) atoms. The smallest absolute Gasteiger partial charge is 0.163 e. The lowest BCUT2D eigenvalue weighted by Gasteiger charge is -2.29. The normalized spacial score (nSPS) is 18.6. The molecule has 6 rings (SSSR count). The summed E-state index contributed by atoms with van der Waals surface area (Å²) in [5.41, 5.74) is 7.58. The molecular formula is C28H34N4O2. The monoisotopic (exact) mass is 458 g/mol. The number of fused-ring (bicyclic) bond motifs is 2. The Hall–Kier alpha value is -2.86. The molecule has 0 atom stereocenters. The van der Waals surface area contributed by atoms with Gasteiger partial charge in [0.05, 0.1) is 0 Å². The minimum absolute atomic E-state index is 0.572. The van der Waals surface area contributed by atoms with Crippen molar-refractivity contribution in [2.24, 2.45) is 0 Å². The van der Waals surface area contributed by atoms with Crippen LogP contribution in [0.1, 0.15) is 72.1 Å². The first kappa shape index (κ1) is 21.7. The molecule has 4 heterocycles. The number of nitrogens with zero attached hydrogens (tertiary/aromatic N) is 4. The molecule has 0 amide bonds. The Labute approximate surface area is 201 Å². The second-order valence-corrected chi connectivity index (χ2v) is 10.1. The zero-order valence-electron chi connectivity index (χ0n) is 20.3. The van der Waals surface area contributed by atoms with Crippen molar-refractivity contribution in [2.45, 2.75) is 71.4 Å². The van der Waals surface area contributed by atoms with Crippen LogP contribution in [0.2, 0.25) is 0 Å². The van der Waals surface area contributed by atoms with Gasteiger partial charge in [0, 0.05) is 72.6 Å². The fraction of sp³-hybridized carbons (Fsp3) is 0.500. The van der Waals surface area contributed by atoms with Crippen molar-refractivity contribution in [3.05, 3.63) is 64.5 Å². The molecular weight excluding hydrogens is 424 g/mol. The zero-order valence-corrected chi connectivity index (χ0v) is 20.3. The number of benzene rings is 1. The molecule has 0 N–H and O–H groups in total. The highest BCUT2D eigenvalue weighted by Gasteiger charge is 2.24. The van der Waals surface area contributed by atoms with E-state index in [4.69, 9.17) is 19.4 Å². The number of hydrogen-bond acceptors (Lipinski definition) is 5. The zero-order chi connectivity index (χ0) is 23.1. The highest BCUT2D eigenvalue weighted by molar-refractivity contribution is 5.52. The summed E-state index contributed by atoms with van der Waals surface area (Å²) in [5.74, 6) is 3.33. The SMILES string of the molecule is Cc1cc(CN2CCc3nc(C4CCCCC4)ncc3C2)c(C)n1-c1ccc2c(c1)OCCO2. The van der Waals surface area contributed by atoms with Crippen LogP contribution in [0.15, 0.2) is 30.5 Å². The molecule has 0 bridgehead atoms. The van der Waals surface area contributed by atoms with Crippen LogP contribution in [-0.4, -0.2) is 39.2 Å². The second-order valence-electron chi connectivity index (χ2n) is 10.1. The third kappa shape index (κ3) is 4.09. The molecule has 6 nitrogen and oxygen atoms in total. The summed E-state index contributed by atoms with van der Waals surface area (Å²) in [4.78, 5) is 12.4. The van der Waals surface area contributed by atoms with Crippen molar-refractivity contribution in [1.82, 2.24) is 19.4 Å². The lowest BCUT2D eigenvalue weighted by Crippen LogP contribution is -2.31. The van der Waals surface area contributed by atoms with Gasteiger partial charge in [-0.1, -0.05) is 19.3 Å². The minimum Gasteiger partial charge on any atom is -0.486 e. The van der Waals surface area contributed by atoms with Crippen LogP contribution in [-0.2, 0) is 19.5 Å². The van der Waals surface area contributed by atoms with Crippen LogP contribution < -0.4 is 9.47 Å². The van der Waals surface area contributed by atoms with Crippen LogP contribution in [0.25, 0.3) is 5.69 Å². The first-order valence-corrected chi connectivity index (χ1v) is 12.8. The molecule has 178 valence electrons. The van der Waals surface area contributed by atoms with Crippen molar-refractivity contribution in [3.63, 3.8) is 0 Å². The summed E-state index contributed by atoms with van der Waals surface area (Å²) in [5, 5.41) is 0. The Kier molecular flexibility index (Phi) is 5.77. The highest BCUT2D eigenvalue weighted by Crippen LogP contribution is 2.34. The molecule has 1 aliphatic carbocycles. The fourth-order valence-corrected chi connectivity index (χ4v) is 5.88. The predicted octanol–water partition coefficient (Wildman–Crippen LogP) is 5.26. The standard InChI is InChI=1S/C28H34N4O2/c1-19-14-22(20(2)32(19)24-8-9-26-27(15-24)34-13-12-33-26)17-31-11-10-25-23(18-31)16-29-28(30-25)21-6-4-3-5-7-21/h8-9,14-16,21H,3-7,10-13,17-18H2,1-2H3. The summed E-state index contributed by atoms with van der Waals surface area (Å²) >= 11 is 0. The fourth-order valence-electron chi connectivity index (χ4n) is 5.88. The van der Waals surface area contributed by atoms with Gasteiger partial charge in [0.2, 0.25) is 0 Å². The van der Waals surface area contributed by atoms with Crippen molar-refractivity contribution in [2.75, 3.05) is 19.8 Å². The lowest BCUT2D eigenvalue weighted by molar-refractivity contribution is 0.171. The minimum atomic E-state index is 0.572. The van der Waals surface area contributed by atoms with E-state index < -0.39 is 0 Å². The van der Waals surface area contributed by atoms with Gasteiger partial charge in [0.1, 0.15) is 19.0 Å². The largest absolute Gasteiger partial charge is 0.486 e. The Morgan fingerprint density at radius 2 is 1.82 bits per heavy atom. The Morgan fingerprint density at radius 1 is 1.00 bits per heavy atom. The molecule has 0 unspecified atom stereocenters. The van der Waals surface area contributed by atoms with Gasteiger partial charge in [-0.25, -0.2) is 9.97 Å². The molecule has 1 saturated carbocycles. The average molecular weight is 459 g/mol. The molecule has 2 aromatic heterocycles. The summed E-state index contributed by atoms with van der Waals surface area (Å²) in [7, 11) is 0. The van der Waals surface area contributed by atoms with E-state index >= 15 is 0 Å². The predicted molar refractivity (Wildman–Crippen MR) is 132 cm³/mol. The molecule has 2 aliphatic heterocycles. The van der Waals surface area contributed by atoms with E-state index in [2.05, 4.69) is 47.7 Å². The van der Waals surface area contributed by atoms with E-state index in [0.717, 1.165) is 49.1 Å². The van der Waals surface area contributed by atoms with E-state index in [0.29, 0.717) is 19.1 Å². The number of hydrogen-bond donors (Lipinski definition) is 0. The van der Waals surface area contributed by atoms with Crippen LogP contribution in [0.3, 0.4) is 0 Å². The molecule has 6 heteroatoms. The van der Waals surface area contributed by atoms with E-state index in [1.807, 2.05) is 6.07 Å². The Morgan fingerprint density at radius 3 is 2.68 bits per heavy atom. The number of aromatic nitrogens is 3. The quantitative estimate of drug-likeness (QED) is 0.534. The van der Waals surface area contributed by atoms with Gasteiger partial charge in [-0.3, -0.25) is 4.90 Å². The van der Waals surface area contributed by atoms with Gasteiger partial charge in [0.15, 0.2) is 11.5 Å². The van der Waals surface area contributed by atoms with Gasteiger partial charge in [-0.15, -0.1) is 0 Å². The van der Waals surface area contributed by atoms with Gasteiger partial charge in [-0.05, 0) is 50.5 Å². The van der Waals surface area contributed by atoms with Gasteiger partial charge in [0.25, 0.3) is 0 Å². The third-order valence-corrected chi connectivity index (χ3v) is 7.72. The van der Waals surface area contributed by atoms with Crippen molar-refractivity contribution < 1.29 is 9.47 Å². The van der Waals surface area contributed by atoms with Crippen molar-refractivity contribution in [1.29, 1.82) is 0 Å². The Bertz CT molecular complexity index is 1200. The van der Waals surface area contributed by atoms with Crippen LogP contribution in [0.4, 0.5) is 0 Å². The maximum Gasteiger partial charge on any atom is 0.163 e. The molecule has 0 spiro atoms. The molecule has 3 aliphatic rings. The van der Waals surface area contributed by atoms with E-state index in [-0.39, 0.29) is 0 Å². The number of rotatable bonds is 4. The summed E-state index contributed by atoms with van der Waals surface area (Å²) in [6, 6.07) is 8.56. The maximum absolute atomic E-state index is 5.82. The average Bonchev–Trinajstić information content (AvgIpc) is 3.16. The molecule has 1 aromatic carbocycles. The van der Waals surface area contributed by atoms with Crippen LogP contribution in [0, 0.1) is 13.8 Å². The first-order valence-electron chi connectivity index (χ1n) is 12.8. The molecule has 0 radical (unpaired) electrons. The van der Waals surface area contributed by atoms with Gasteiger partial charge >= 0.3 is 0 Å². The molecule has 0 saturated heterocycles. The number of aryl methyl sites for hydroxylation is 1. The third-order valence-electron chi connectivity index (χ3n) is 7.72. The summed E-state index contributed by atoms with van der Waals surface area (Å²) < 4.78 is 13.8. The summed E-state index contributed by atoms with van der Waals surface area (Å²) in [6.45, 7) is 8.53. The molecule has 1 fully saturated rings. The van der Waals surface area contributed by atoms with E-state index in [1.54, 1.807) is 0 Å².